The third kappa shape index (κ3) is 3.22. The Labute approximate surface area is 168 Å². The maximum absolute atomic E-state index is 4.75. The number of aromatic nitrogens is 2. The van der Waals surface area contributed by atoms with Crippen molar-refractivity contribution in [3.05, 3.63) is 88.6 Å². The van der Waals surface area contributed by atoms with E-state index in [9.17, 15) is 0 Å². The van der Waals surface area contributed by atoms with Gasteiger partial charge in [0.1, 0.15) is 17.2 Å². The van der Waals surface area contributed by atoms with Crippen LogP contribution in [0.5, 0.6) is 0 Å². The largest absolute Gasteiger partial charge is 0.225 e. The van der Waals surface area contributed by atoms with E-state index >= 15 is 0 Å². The molecular formula is C23H20N4S. The zero-order valence-electron chi connectivity index (χ0n) is 15.5. The van der Waals surface area contributed by atoms with Gasteiger partial charge >= 0.3 is 0 Å². The van der Waals surface area contributed by atoms with Crippen LogP contribution in [0.2, 0.25) is 0 Å². The molecule has 28 heavy (non-hydrogen) atoms. The second kappa shape index (κ2) is 7.60. The first-order valence-electron chi connectivity index (χ1n) is 9.66. The van der Waals surface area contributed by atoms with Crippen LogP contribution in [0.25, 0.3) is 10.2 Å². The molecule has 0 unspecified atom stereocenters. The van der Waals surface area contributed by atoms with Crippen molar-refractivity contribution in [1.82, 2.24) is 9.97 Å². The molecule has 0 fully saturated rings. The highest BCUT2D eigenvalue weighted by atomic mass is 32.1. The van der Waals surface area contributed by atoms with E-state index in [-0.39, 0.29) is 6.04 Å². The third-order valence-electron chi connectivity index (χ3n) is 5.23. The molecule has 2 aromatic heterocycles. The fourth-order valence-electron chi connectivity index (χ4n) is 3.86. The Balaban J connectivity index is 1.59. The molecule has 0 aliphatic heterocycles. The Morgan fingerprint density at radius 3 is 2.21 bits per heavy atom. The Kier molecular flexibility index (Phi) is 4.67. The highest BCUT2D eigenvalue weighted by Crippen LogP contribution is 2.39. The summed E-state index contributed by atoms with van der Waals surface area (Å²) >= 11 is 1.79. The molecule has 0 N–H and O–H groups in total. The van der Waals surface area contributed by atoms with E-state index in [1.165, 1.54) is 23.3 Å². The Morgan fingerprint density at radius 1 is 0.821 bits per heavy atom. The van der Waals surface area contributed by atoms with Gasteiger partial charge < -0.3 is 0 Å². The molecule has 2 heterocycles. The van der Waals surface area contributed by atoms with Crippen molar-refractivity contribution in [3.63, 3.8) is 0 Å². The van der Waals surface area contributed by atoms with Gasteiger partial charge in [-0.3, -0.25) is 0 Å². The van der Waals surface area contributed by atoms with E-state index < -0.39 is 0 Å². The number of fused-ring (bicyclic) bond motifs is 3. The van der Waals surface area contributed by atoms with Gasteiger partial charge in [-0.1, -0.05) is 60.7 Å². The zero-order valence-corrected chi connectivity index (χ0v) is 16.3. The van der Waals surface area contributed by atoms with Gasteiger partial charge in [0, 0.05) is 4.88 Å². The van der Waals surface area contributed by atoms with Crippen molar-refractivity contribution in [2.24, 2.45) is 10.2 Å². The number of nitrogens with zero attached hydrogens (tertiary/aromatic N) is 4. The number of rotatable bonds is 4. The molecule has 0 spiro atoms. The van der Waals surface area contributed by atoms with Crippen molar-refractivity contribution in [2.45, 2.75) is 31.7 Å². The van der Waals surface area contributed by atoms with Crippen LogP contribution in [0.15, 0.2) is 77.2 Å². The van der Waals surface area contributed by atoms with Gasteiger partial charge in [0.2, 0.25) is 0 Å². The van der Waals surface area contributed by atoms with Crippen LogP contribution in [0.1, 0.15) is 40.5 Å². The summed E-state index contributed by atoms with van der Waals surface area (Å²) in [6, 6.07) is 20.4. The van der Waals surface area contributed by atoms with E-state index in [2.05, 4.69) is 39.3 Å². The molecule has 0 bridgehead atoms. The number of thiophene rings is 1. The van der Waals surface area contributed by atoms with Crippen LogP contribution < -0.4 is 0 Å². The van der Waals surface area contributed by atoms with Crippen molar-refractivity contribution in [1.29, 1.82) is 0 Å². The summed E-state index contributed by atoms with van der Waals surface area (Å²) in [6.45, 7) is 0. The predicted octanol–water partition coefficient (Wildman–Crippen LogP) is 6.44. The quantitative estimate of drug-likeness (QED) is 0.380. The summed E-state index contributed by atoms with van der Waals surface area (Å²) in [5.74, 6) is 0.696. The smallest absolute Gasteiger partial charge is 0.186 e. The Morgan fingerprint density at radius 2 is 1.50 bits per heavy atom. The highest BCUT2D eigenvalue weighted by molar-refractivity contribution is 7.18. The predicted molar refractivity (Wildman–Crippen MR) is 113 cm³/mol. The minimum atomic E-state index is -0.151. The van der Waals surface area contributed by atoms with Gasteiger partial charge in [-0.2, -0.15) is 5.11 Å². The summed E-state index contributed by atoms with van der Waals surface area (Å²) in [5, 5.41) is 10.5. The van der Waals surface area contributed by atoms with E-state index in [4.69, 9.17) is 5.11 Å². The van der Waals surface area contributed by atoms with Gasteiger partial charge in [-0.25, -0.2) is 9.97 Å². The van der Waals surface area contributed by atoms with Crippen LogP contribution in [0.4, 0.5) is 5.82 Å². The molecule has 0 radical (unpaired) electrons. The van der Waals surface area contributed by atoms with E-state index in [1.807, 2.05) is 36.4 Å². The molecule has 2 aromatic carbocycles. The summed E-state index contributed by atoms with van der Waals surface area (Å²) in [6.07, 6.45) is 6.32. The average Bonchev–Trinajstić information content (AvgIpc) is 3.15. The molecule has 138 valence electrons. The van der Waals surface area contributed by atoms with Crippen LogP contribution in [-0.2, 0) is 12.8 Å². The number of hydrogen-bond acceptors (Lipinski definition) is 5. The van der Waals surface area contributed by atoms with Gasteiger partial charge in [0.05, 0.1) is 5.39 Å². The Hall–Kier alpha value is -2.92. The first kappa shape index (κ1) is 17.2. The van der Waals surface area contributed by atoms with Gasteiger partial charge in [-0.05, 0) is 42.4 Å². The number of aryl methyl sites for hydroxylation is 2. The lowest BCUT2D eigenvalue weighted by molar-refractivity contribution is 0.700. The van der Waals surface area contributed by atoms with E-state index in [1.54, 1.807) is 17.7 Å². The second-order valence-electron chi connectivity index (χ2n) is 7.03. The molecule has 5 heteroatoms. The maximum Gasteiger partial charge on any atom is 0.186 e. The van der Waals surface area contributed by atoms with Crippen molar-refractivity contribution in [3.8, 4) is 0 Å². The minimum Gasteiger partial charge on any atom is -0.225 e. The SMILES string of the molecule is c1ccc(C(N=Nc2ncnc3sc4c(c23)CCCC4)c2ccccc2)cc1. The molecule has 0 saturated heterocycles. The Bertz CT molecular complexity index is 1080. The average molecular weight is 385 g/mol. The van der Waals surface area contributed by atoms with Gasteiger partial charge in [0.25, 0.3) is 0 Å². The monoisotopic (exact) mass is 384 g/mol. The molecule has 1 aliphatic carbocycles. The molecule has 4 aromatic rings. The molecular weight excluding hydrogens is 364 g/mol. The molecule has 0 saturated carbocycles. The number of hydrogen-bond donors (Lipinski definition) is 0. The van der Waals surface area contributed by atoms with Crippen molar-refractivity contribution < 1.29 is 0 Å². The number of azo groups is 1. The van der Waals surface area contributed by atoms with E-state index in [0.717, 1.165) is 34.2 Å². The molecule has 0 amide bonds. The van der Waals surface area contributed by atoms with Crippen molar-refractivity contribution in [2.75, 3.05) is 0 Å². The van der Waals surface area contributed by atoms with Crippen molar-refractivity contribution >= 4 is 27.4 Å². The second-order valence-corrected chi connectivity index (χ2v) is 8.11. The highest BCUT2D eigenvalue weighted by Gasteiger charge is 2.20. The third-order valence-corrected chi connectivity index (χ3v) is 6.43. The first-order chi connectivity index (χ1) is 13.9. The van der Waals surface area contributed by atoms with Crippen LogP contribution in [-0.4, -0.2) is 9.97 Å². The summed E-state index contributed by atoms with van der Waals surface area (Å²) in [5.41, 5.74) is 3.63. The molecule has 5 rings (SSSR count). The molecule has 4 nitrogen and oxygen atoms in total. The maximum atomic E-state index is 4.75. The lowest BCUT2D eigenvalue weighted by Crippen LogP contribution is -1.98. The fourth-order valence-corrected chi connectivity index (χ4v) is 5.08. The summed E-state index contributed by atoms with van der Waals surface area (Å²) in [7, 11) is 0. The van der Waals surface area contributed by atoms with Gasteiger partial charge in [0.15, 0.2) is 5.82 Å². The fraction of sp³-hybridized carbons (Fsp3) is 0.217. The van der Waals surface area contributed by atoms with Gasteiger partial charge in [-0.15, -0.1) is 16.5 Å². The topological polar surface area (TPSA) is 50.5 Å². The van der Waals surface area contributed by atoms with Crippen LogP contribution in [0.3, 0.4) is 0 Å². The number of benzene rings is 2. The lowest BCUT2D eigenvalue weighted by Gasteiger charge is -2.12. The van der Waals surface area contributed by atoms with Crippen LogP contribution >= 0.6 is 11.3 Å². The lowest BCUT2D eigenvalue weighted by atomic mass is 9.97. The normalized spacial score (nSPS) is 14.0. The summed E-state index contributed by atoms with van der Waals surface area (Å²) < 4.78 is 0. The molecule has 1 aliphatic rings. The standard InChI is InChI=1S/C23H20N4S/c1-3-9-16(10-4-1)21(17-11-5-2-6-12-17)26-27-22-20-18-13-7-8-14-19(18)28-23(20)25-15-24-22/h1-6,9-12,15,21H,7-8,13-14H2. The zero-order chi connectivity index (χ0) is 18.8. The minimum absolute atomic E-state index is 0.151. The van der Waals surface area contributed by atoms with Crippen LogP contribution in [0, 0.1) is 0 Å². The van der Waals surface area contributed by atoms with E-state index in [0.29, 0.717) is 5.82 Å². The first-order valence-corrected chi connectivity index (χ1v) is 10.5. The molecule has 0 atom stereocenters. The summed E-state index contributed by atoms with van der Waals surface area (Å²) in [4.78, 5) is 11.5.